The molecule has 0 spiro atoms. The molecule has 0 aliphatic rings. The first-order valence-electron chi connectivity index (χ1n) is 4.52. The van der Waals surface area contributed by atoms with E-state index in [0.29, 0.717) is 11.0 Å². The molecule has 0 N–H and O–H groups in total. The molecule has 4 heteroatoms. The number of hydrogen-bond donors (Lipinski definition) is 0. The van der Waals surface area contributed by atoms with Crippen LogP contribution >= 0.6 is 0 Å². The zero-order valence-electron chi connectivity index (χ0n) is 7.80. The Hall–Kier alpha value is -1.45. The third-order valence-corrected chi connectivity index (χ3v) is 2.13. The lowest BCUT2D eigenvalue weighted by Crippen LogP contribution is -1.94. The van der Waals surface area contributed by atoms with Gasteiger partial charge in [0.2, 0.25) is 0 Å². The standard InChI is InChI=1S/C10H10F2N2/c1-2-3-14-6-13-9-4-7(11)8(12)5-10(9)14/h4-6H,2-3H2,1H3. The summed E-state index contributed by atoms with van der Waals surface area (Å²) in [6.07, 6.45) is 2.54. The van der Waals surface area contributed by atoms with Gasteiger partial charge in [-0.05, 0) is 6.42 Å². The molecule has 0 bridgehead atoms. The Labute approximate surface area is 80.2 Å². The molecule has 0 radical (unpaired) electrons. The smallest absolute Gasteiger partial charge is 0.161 e. The largest absolute Gasteiger partial charge is 0.331 e. The molecule has 74 valence electrons. The Morgan fingerprint density at radius 3 is 2.71 bits per heavy atom. The van der Waals surface area contributed by atoms with Gasteiger partial charge >= 0.3 is 0 Å². The van der Waals surface area contributed by atoms with Crippen LogP contribution in [0.5, 0.6) is 0 Å². The molecule has 0 fully saturated rings. The maximum atomic E-state index is 12.9. The van der Waals surface area contributed by atoms with Gasteiger partial charge in [0.25, 0.3) is 0 Å². The van der Waals surface area contributed by atoms with E-state index in [2.05, 4.69) is 4.98 Å². The minimum Gasteiger partial charge on any atom is -0.331 e. The maximum Gasteiger partial charge on any atom is 0.161 e. The lowest BCUT2D eigenvalue weighted by Gasteiger charge is -2.00. The van der Waals surface area contributed by atoms with Gasteiger partial charge in [-0.25, -0.2) is 13.8 Å². The summed E-state index contributed by atoms with van der Waals surface area (Å²) in [5, 5.41) is 0. The molecule has 0 amide bonds. The average Bonchev–Trinajstić information content (AvgIpc) is 2.51. The van der Waals surface area contributed by atoms with Gasteiger partial charge in [0, 0.05) is 18.7 Å². The van der Waals surface area contributed by atoms with Crippen molar-refractivity contribution in [1.29, 1.82) is 0 Å². The zero-order valence-corrected chi connectivity index (χ0v) is 7.80. The van der Waals surface area contributed by atoms with E-state index in [1.807, 2.05) is 11.5 Å². The van der Waals surface area contributed by atoms with Crippen LogP contribution in [0.2, 0.25) is 0 Å². The monoisotopic (exact) mass is 196 g/mol. The SMILES string of the molecule is CCCn1cnc2cc(F)c(F)cc21. The van der Waals surface area contributed by atoms with E-state index in [0.717, 1.165) is 19.0 Å². The second-order valence-electron chi connectivity index (χ2n) is 3.19. The van der Waals surface area contributed by atoms with E-state index in [1.54, 1.807) is 6.33 Å². The van der Waals surface area contributed by atoms with Crippen molar-refractivity contribution in [3.63, 3.8) is 0 Å². The van der Waals surface area contributed by atoms with Crippen LogP contribution in [-0.2, 0) is 6.54 Å². The molecule has 1 aromatic heterocycles. The van der Waals surface area contributed by atoms with Crippen LogP contribution in [0.4, 0.5) is 8.78 Å². The van der Waals surface area contributed by atoms with Gasteiger partial charge in [0.15, 0.2) is 11.6 Å². The Bertz CT molecular complexity index is 462. The topological polar surface area (TPSA) is 17.8 Å². The molecule has 2 nitrogen and oxygen atoms in total. The quantitative estimate of drug-likeness (QED) is 0.722. The number of hydrogen-bond acceptors (Lipinski definition) is 1. The van der Waals surface area contributed by atoms with Crippen molar-refractivity contribution in [3.05, 3.63) is 30.1 Å². The molecule has 0 aliphatic carbocycles. The fraction of sp³-hybridized carbons (Fsp3) is 0.300. The summed E-state index contributed by atoms with van der Waals surface area (Å²) in [4.78, 5) is 4.00. The Morgan fingerprint density at radius 1 is 1.29 bits per heavy atom. The number of fused-ring (bicyclic) bond motifs is 1. The molecule has 14 heavy (non-hydrogen) atoms. The highest BCUT2D eigenvalue weighted by molar-refractivity contribution is 5.75. The number of aryl methyl sites for hydroxylation is 1. The molecule has 1 heterocycles. The molecular formula is C10H10F2N2. The van der Waals surface area contributed by atoms with Crippen molar-refractivity contribution in [2.24, 2.45) is 0 Å². The van der Waals surface area contributed by atoms with Gasteiger partial charge in [-0.1, -0.05) is 6.92 Å². The molecule has 0 saturated heterocycles. The first-order chi connectivity index (χ1) is 6.72. The Balaban J connectivity index is 2.61. The fourth-order valence-corrected chi connectivity index (χ4v) is 1.47. The van der Waals surface area contributed by atoms with Crippen molar-refractivity contribution in [2.75, 3.05) is 0 Å². The number of imidazole rings is 1. The van der Waals surface area contributed by atoms with E-state index in [1.165, 1.54) is 6.07 Å². The number of rotatable bonds is 2. The van der Waals surface area contributed by atoms with Gasteiger partial charge in [-0.15, -0.1) is 0 Å². The fourth-order valence-electron chi connectivity index (χ4n) is 1.47. The zero-order chi connectivity index (χ0) is 10.1. The van der Waals surface area contributed by atoms with E-state index in [9.17, 15) is 8.78 Å². The molecule has 0 unspecified atom stereocenters. The molecule has 1 aromatic carbocycles. The summed E-state index contributed by atoms with van der Waals surface area (Å²) in [6, 6.07) is 2.31. The van der Waals surface area contributed by atoms with Gasteiger partial charge in [0.1, 0.15) is 0 Å². The number of halogens is 2. The highest BCUT2D eigenvalue weighted by atomic mass is 19.2. The van der Waals surface area contributed by atoms with Crippen LogP contribution in [0.15, 0.2) is 18.5 Å². The van der Waals surface area contributed by atoms with Crippen molar-refractivity contribution in [1.82, 2.24) is 9.55 Å². The molecule has 0 aliphatic heterocycles. The van der Waals surface area contributed by atoms with Crippen LogP contribution in [0.25, 0.3) is 11.0 Å². The predicted molar refractivity (Wildman–Crippen MR) is 49.9 cm³/mol. The second kappa shape index (κ2) is 3.36. The molecule has 2 rings (SSSR count). The van der Waals surface area contributed by atoms with Gasteiger partial charge in [0.05, 0.1) is 17.4 Å². The lowest BCUT2D eigenvalue weighted by molar-refractivity contribution is 0.510. The van der Waals surface area contributed by atoms with E-state index in [4.69, 9.17) is 0 Å². The summed E-state index contributed by atoms with van der Waals surface area (Å²) in [5.41, 5.74) is 1.14. The van der Waals surface area contributed by atoms with Gasteiger partial charge in [-0.2, -0.15) is 0 Å². The second-order valence-corrected chi connectivity index (χ2v) is 3.19. The van der Waals surface area contributed by atoms with Crippen molar-refractivity contribution in [2.45, 2.75) is 19.9 Å². The minimum atomic E-state index is -0.848. The highest BCUT2D eigenvalue weighted by Gasteiger charge is 2.07. The van der Waals surface area contributed by atoms with Crippen molar-refractivity contribution < 1.29 is 8.78 Å². The van der Waals surface area contributed by atoms with Crippen LogP contribution in [0, 0.1) is 11.6 Å². The Kier molecular flexibility index (Phi) is 2.19. The van der Waals surface area contributed by atoms with E-state index >= 15 is 0 Å². The third-order valence-electron chi connectivity index (χ3n) is 2.13. The van der Waals surface area contributed by atoms with Crippen molar-refractivity contribution in [3.8, 4) is 0 Å². The van der Waals surface area contributed by atoms with Gasteiger partial charge in [-0.3, -0.25) is 0 Å². The lowest BCUT2D eigenvalue weighted by atomic mass is 10.3. The predicted octanol–water partition coefficient (Wildman–Crippen LogP) is 2.72. The van der Waals surface area contributed by atoms with Crippen LogP contribution in [-0.4, -0.2) is 9.55 Å². The van der Waals surface area contributed by atoms with Crippen LogP contribution < -0.4 is 0 Å². The number of benzene rings is 1. The number of aromatic nitrogens is 2. The number of nitrogens with zero attached hydrogens (tertiary/aromatic N) is 2. The molecular weight excluding hydrogens is 186 g/mol. The first kappa shape index (κ1) is 9.12. The van der Waals surface area contributed by atoms with Gasteiger partial charge < -0.3 is 4.57 Å². The maximum absolute atomic E-state index is 12.9. The molecule has 0 atom stereocenters. The highest BCUT2D eigenvalue weighted by Crippen LogP contribution is 2.17. The third kappa shape index (κ3) is 1.36. The summed E-state index contributed by atoms with van der Waals surface area (Å²) in [7, 11) is 0. The Morgan fingerprint density at radius 2 is 2.00 bits per heavy atom. The van der Waals surface area contributed by atoms with Crippen molar-refractivity contribution >= 4 is 11.0 Å². The van der Waals surface area contributed by atoms with E-state index < -0.39 is 11.6 Å². The average molecular weight is 196 g/mol. The summed E-state index contributed by atoms with van der Waals surface area (Å²) >= 11 is 0. The summed E-state index contributed by atoms with van der Waals surface area (Å²) < 4.78 is 27.6. The van der Waals surface area contributed by atoms with Crippen LogP contribution in [0.3, 0.4) is 0 Å². The molecule has 2 aromatic rings. The van der Waals surface area contributed by atoms with E-state index in [-0.39, 0.29) is 0 Å². The minimum absolute atomic E-state index is 0.498. The normalized spacial score (nSPS) is 11.1. The van der Waals surface area contributed by atoms with Crippen LogP contribution in [0.1, 0.15) is 13.3 Å². The first-order valence-corrected chi connectivity index (χ1v) is 4.52. The molecule has 0 saturated carbocycles. The summed E-state index contributed by atoms with van der Waals surface area (Å²) in [6.45, 7) is 2.79. The summed E-state index contributed by atoms with van der Waals surface area (Å²) in [5.74, 6) is -1.67.